The number of halogens is 2. The van der Waals surface area contributed by atoms with E-state index < -0.39 is 11.3 Å². The Morgan fingerprint density at radius 1 is 1.43 bits per heavy atom. The van der Waals surface area contributed by atoms with Crippen molar-refractivity contribution >= 4 is 11.4 Å². The van der Waals surface area contributed by atoms with Crippen LogP contribution in [-0.4, -0.2) is 50.2 Å². The maximum atomic E-state index is 12.9. The standard InChI is InChI=1S/C13H19F2N3O3/c1-17(7-8-21-2)6-5-16-12-4-3-10(18(19)20)9-11(12)13(14)15/h3-4,9,13,16H,5-8H2,1-2H3. The van der Waals surface area contributed by atoms with E-state index in [4.69, 9.17) is 4.74 Å². The highest BCUT2D eigenvalue weighted by Crippen LogP contribution is 2.30. The highest BCUT2D eigenvalue weighted by atomic mass is 19.3. The normalized spacial score (nSPS) is 11.1. The molecule has 0 bridgehead atoms. The molecule has 0 saturated carbocycles. The molecule has 1 rings (SSSR count). The van der Waals surface area contributed by atoms with Gasteiger partial charge in [-0.05, 0) is 13.1 Å². The van der Waals surface area contributed by atoms with Crippen LogP contribution < -0.4 is 5.32 Å². The molecule has 1 aromatic rings. The van der Waals surface area contributed by atoms with Crippen LogP contribution in [0, 0.1) is 10.1 Å². The minimum absolute atomic E-state index is 0.218. The average molecular weight is 303 g/mol. The summed E-state index contributed by atoms with van der Waals surface area (Å²) >= 11 is 0. The number of methoxy groups -OCH3 is 1. The fourth-order valence-electron chi connectivity index (χ4n) is 1.75. The Kier molecular flexibility index (Phi) is 6.97. The Labute approximate surface area is 121 Å². The zero-order valence-electron chi connectivity index (χ0n) is 12.0. The SMILES string of the molecule is COCCN(C)CCNc1ccc([N+](=O)[O-])cc1C(F)F. The number of alkyl halides is 2. The number of benzene rings is 1. The first kappa shape index (κ1) is 17.3. The highest BCUT2D eigenvalue weighted by Gasteiger charge is 2.17. The Morgan fingerprint density at radius 2 is 2.14 bits per heavy atom. The number of rotatable bonds is 9. The fraction of sp³-hybridized carbons (Fsp3) is 0.538. The number of nitrogens with zero attached hydrogens (tertiary/aromatic N) is 2. The van der Waals surface area contributed by atoms with Crippen LogP contribution in [0.4, 0.5) is 20.2 Å². The van der Waals surface area contributed by atoms with Crippen LogP contribution in [0.2, 0.25) is 0 Å². The van der Waals surface area contributed by atoms with Gasteiger partial charge in [0.15, 0.2) is 0 Å². The molecule has 0 saturated heterocycles. The number of ether oxygens (including phenoxy) is 1. The van der Waals surface area contributed by atoms with Gasteiger partial charge in [-0.15, -0.1) is 0 Å². The molecular weight excluding hydrogens is 284 g/mol. The molecule has 0 aliphatic heterocycles. The Morgan fingerprint density at radius 3 is 2.71 bits per heavy atom. The number of likely N-dealkylation sites (N-methyl/N-ethyl adjacent to an activating group) is 1. The fourth-order valence-corrected chi connectivity index (χ4v) is 1.75. The predicted molar refractivity (Wildman–Crippen MR) is 75.9 cm³/mol. The second-order valence-corrected chi connectivity index (χ2v) is 4.55. The molecule has 1 aromatic carbocycles. The molecule has 0 amide bonds. The van der Waals surface area contributed by atoms with Gasteiger partial charge < -0.3 is 15.0 Å². The predicted octanol–water partition coefficient (Wildman–Crippen LogP) is 2.52. The summed E-state index contributed by atoms with van der Waals surface area (Å²) in [6.07, 6.45) is -2.77. The van der Waals surface area contributed by atoms with E-state index in [0.29, 0.717) is 19.7 Å². The van der Waals surface area contributed by atoms with E-state index >= 15 is 0 Å². The lowest BCUT2D eigenvalue weighted by Gasteiger charge is -2.17. The van der Waals surface area contributed by atoms with Crippen molar-refractivity contribution in [2.75, 3.05) is 45.7 Å². The zero-order chi connectivity index (χ0) is 15.8. The number of nitro benzene ring substituents is 1. The Bertz CT molecular complexity index is 472. The number of nitro groups is 1. The second kappa shape index (κ2) is 8.48. The lowest BCUT2D eigenvalue weighted by atomic mass is 10.1. The molecular formula is C13H19F2N3O3. The summed E-state index contributed by atoms with van der Waals surface area (Å²) in [4.78, 5) is 11.9. The van der Waals surface area contributed by atoms with Crippen LogP contribution in [-0.2, 0) is 4.74 Å². The van der Waals surface area contributed by atoms with Crippen LogP contribution in [0.25, 0.3) is 0 Å². The number of nitrogens with one attached hydrogen (secondary N) is 1. The van der Waals surface area contributed by atoms with Gasteiger partial charge in [-0.1, -0.05) is 0 Å². The van der Waals surface area contributed by atoms with Gasteiger partial charge in [0, 0.05) is 50.1 Å². The van der Waals surface area contributed by atoms with Gasteiger partial charge >= 0.3 is 0 Å². The summed E-state index contributed by atoms with van der Waals surface area (Å²) in [5.74, 6) is 0. The summed E-state index contributed by atoms with van der Waals surface area (Å²) < 4.78 is 30.8. The molecule has 0 atom stereocenters. The molecule has 0 aromatic heterocycles. The van der Waals surface area contributed by atoms with Gasteiger partial charge in [0.25, 0.3) is 12.1 Å². The Balaban J connectivity index is 2.64. The lowest BCUT2D eigenvalue weighted by molar-refractivity contribution is -0.385. The second-order valence-electron chi connectivity index (χ2n) is 4.55. The maximum Gasteiger partial charge on any atom is 0.270 e. The van der Waals surface area contributed by atoms with Crippen LogP contribution in [0.15, 0.2) is 18.2 Å². The van der Waals surface area contributed by atoms with Gasteiger partial charge in [-0.2, -0.15) is 0 Å². The van der Waals surface area contributed by atoms with E-state index in [1.165, 1.54) is 12.1 Å². The first-order valence-corrected chi connectivity index (χ1v) is 6.43. The molecule has 0 heterocycles. The molecule has 118 valence electrons. The summed E-state index contributed by atoms with van der Waals surface area (Å²) in [5.41, 5.74) is -0.479. The first-order valence-electron chi connectivity index (χ1n) is 6.43. The molecule has 0 aliphatic rings. The van der Waals surface area contributed by atoms with Gasteiger partial charge in [0.05, 0.1) is 11.5 Å². The van der Waals surface area contributed by atoms with Gasteiger partial charge in [0.2, 0.25) is 0 Å². The van der Waals surface area contributed by atoms with Crippen LogP contribution in [0.1, 0.15) is 12.0 Å². The third kappa shape index (κ3) is 5.60. The van der Waals surface area contributed by atoms with Gasteiger partial charge in [0.1, 0.15) is 0 Å². The molecule has 6 nitrogen and oxygen atoms in total. The molecule has 21 heavy (non-hydrogen) atoms. The summed E-state index contributed by atoms with van der Waals surface area (Å²) in [6.45, 7) is 2.43. The largest absolute Gasteiger partial charge is 0.383 e. The van der Waals surface area contributed by atoms with Crippen molar-refractivity contribution in [3.8, 4) is 0 Å². The average Bonchev–Trinajstić information content (AvgIpc) is 2.44. The Hall–Kier alpha value is -1.80. The van der Waals surface area contributed by atoms with E-state index in [1.807, 2.05) is 11.9 Å². The number of anilines is 1. The van der Waals surface area contributed by atoms with Gasteiger partial charge in [-0.3, -0.25) is 10.1 Å². The molecule has 8 heteroatoms. The summed E-state index contributed by atoms with van der Waals surface area (Å²) in [7, 11) is 3.50. The molecule has 0 spiro atoms. The van der Waals surface area contributed by atoms with Crippen molar-refractivity contribution in [2.45, 2.75) is 6.43 Å². The van der Waals surface area contributed by atoms with Crippen molar-refractivity contribution < 1.29 is 18.4 Å². The number of non-ortho nitro benzene ring substituents is 1. The van der Waals surface area contributed by atoms with E-state index in [1.54, 1.807) is 7.11 Å². The molecule has 0 fully saturated rings. The summed E-state index contributed by atoms with van der Waals surface area (Å²) in [6, 6.07) is 3.43. The smallest absolute Gasteiger partial charge is 0.270 e. The zero-order valence-corrected chi connectivity index (χ0v) is 12.0. The number of hydrogen-bond donors (Lipinski definition) is 1. The van der Waals surface area contributed by atoms with Crippen molar-refractivity contribution in [1.29, 1.82) is 0 Å². The molecule has 0 radical (unpaired) electrons. The third-order valence-corrected chi connectivity index (χ3v) is 2.97. The van der Waals surface area contributed by atoms with E-state index in [9.17, 15) is 18.9 Å². The molecule has 0 unspecified atom stereocenters. The van der Waals surface area contributed by atoms with Crippen molar-refractivity contribution in [3.05, 3.63) is 33.9 Å². The van der Waals surface area contributed by atoms with E-state index in [-0.39, 0.29) is 16.9 Å². The monoisotopic (exact) mass is 303 g/mol. The topological polar surface area (TPSA) is 67.6 Å². The van der Waals surface area contributed by atoms with Gasteiger partial charge in [-0.25, -0.2) is 8.78 Å². The summed E-state index contributed by atoms with van der Waals surface area (Å²) in [5, 5.41) is 13.5. The molecule has 0 aliphatic carbocycles. The van der Waals surface area contributed by atoms with Crippen LogP contribution >= 0.6 is 0 Å². The van der Waals surface area contributed by atoms with Crippen molar-refractivity contribution in [3.63, 3.8) is 0 Å². The van der Waals surface area contributed by atoms with E-state index in [2.05, 4.69) is 5.32 Å². The third-order valence-electron chi connectivity index (χ3n) is 2.97. The minimum Gasteiger partial charge on any atom is -0.383 e. The molecule has 1 N–H and O–H groups in total. The quantitative estimate of drug-likeness (QED) is 0.561. The van der Waals surface area contributed by atoms with E-state index in [0.717, 1.165) is 12.6 Å². The lowest BCUT2D eigenvalue weighted by Crippen LogP contribution is -2.28. The maximum absolute atomic E-state index is 12.9. The highest BCUT2D eigenvalue weighted by molar-refractivity contribution is 5.56. The first-order chi connectivity index (χ1) is 9.95. The van der Waals surface area contributed by atoms with Crippen molar-refractivity contribution in [2.24, 2.45) is 0 Å². The van der Waals surface area contributed by atoms with Crippen LogP contribution in [0.3, 0.4) is 0 Å². The number of hydrogen-bond acceptors (Lipinski definition) is 5. The minimum atomic E-state index is -2.77. The van der Waals surface area contributed by atoms with Crippen molar-refractivity contribution in [1.82, 2.24) is 4.90 Å². The van der Waals surface area contributed by atoms with Crippen LogP contribution in [0.5, 0.6) is 0 Å².